The normalized spacial score (nSPS) is 30.4. The highest BCUT2D eigenvalue weighted by molar-refractivity contribution is 5.71. The minimum Gasteiger partial charge on any atom is -0.393 e. The van der Waals surface area contributed by atoms with Crippen molar-refractivity contribution in [2.75, 3.05) is 0 Å². The van der Waals surface area contributed by atoms with Crippen molar-refractivity contribution in [1.82, 2.24) is 0 Å². The summed E-state index contributed by atoms with van der Waals surface area (Å²) >= 11 is 0. The summed E-state index contributed by atoms with van der Waals surface area (Å²) in [6, 6.07) is 3.28. The van der Waals surface area contributed by atoms with Crippen LogP contribution in [0.1, 0.15) is 30.4 Å². The van der Waals surface area contributed by atoms with Crippen molar-refractivity contribution < 1.29 is 13.9 Å². The average molecular weight is 250 g/mol. The quantitative estimate of drug-likeness (QED) is 0.809. The van der Waals surface area contributed by atoms with E-state index in [9.17, 15) is 13.9 Å². The molecule has 0 saturated heterocycles. The summed E-state index contributed by atoms with van der Waals surface area (Å²) in [6.45, 7) is 1.56. The third-order valence-corrected chi connectivity index (χ3v) is 4.38. The van der Waals surface area contributed by atoms with Gasteiger partial charge in [-0.2, -0.15) is 0 Å². The highest BCUT2D eigenvalue weighted by atomic mass is 19.2. The highest BCUT2D eigenvalue weighted by Crippen LogP contribution is 2.48. The van der Waals surface area contributed by atoms with E-state index in [0.29, 0.717) is 11.1 Å². The molecule has 0 spiro atoms. The first-order valence-corrected chi connectivity index (χ1v) is 6.42. The molecule has 3 rings (SSSR count). The van der Waals surface area contributed by atoms with Crippen molar-refractivity contribution in [3.8, 4) is 0 Å². The van der Waals surface area contributed by atoms with Crippen LogP contribution in [0.3, 0.4) is 0 Å². The number of allylic oxidation sites excluding steroid dienone is 2. The van der Waals surface area contributed by atoms with Crippen LogP contribution < -0.4 is 0 Å². The second-order valence-corrected chi connectivity index (χ2v) is 5.37. The van der Waals surface area contributed by atoms with E-state index in [1.54, 1.807) is 19.1 Å². The second kappa shape index (κ2) is 4.16. The van der Waals surface area contributed by atoms with Crippen molar-refractivity contribution in [2.45, 2.75) is 32.3 Å². The molecular formula is C15H16F2O. The molecule has 1 fully saturated rings. The van der Waals surface area contributed by atoms with Crippen LogP contribution in [0.5, 0.6) is 0 Å². The monoisotopic (exact) mass is 250 g/mol. The molecule has 96 valence electrons. The summed E-state index contributed by atoms with van der Waals surface area (Å²) in [5.41, 5.74) is 1.59. The molecule has 0 heterocycles. The van der Waals surface area contributed by atoms with E-state index >= 15 is 0 Å². The lowest BCUT2D eigenvalue weighted by molar-refractivity contribution is 0.130. The molecule has 3 heteroatoms. The van der Waals surface area contributed by atoms with Crippen molar-refractivity contribution in [3.63, 3.8) is 0 Å². The van der Waals surface area contributed by atoms with Gasteiger partial charge in [-0.15, -0.1) is 0 Å². The standard InChI is InChI=1S/C15H16F2O/c1-8-2-3-12(15(17)14(8)16)10-4-5-11-9(10)6-7-13(11)18/h2-4,9,11,13,18H,5-7H2,1H3/t9-,11+,13-/m0/s1. The maximum atomic E-state index is 14.0. The molecule has 0 bridgehead atoms. The van der Waals surface area contributed by atoms with E-state index in [2.05, 4.69) is 0 Å². The highest BCUT2D eigenvalue weighted by Gasteiger charge is 2.40. The summed E-state index contributed by atoms with van der Waals surface area (Å²) in [5.74, 6) is -1.11. The van der Waals surface area contributed by atoms with Crippen molar-refractivity contribution in [2.24, 2.45) is 11.8 Å². The van der Waals surface area contributed by atoms with Gasteiger partial charge in [-0.3, -0.25) is 0 Å². The summed E-state index contributed by atoms with van der Waals surface area (Å²) in [5, 5.41) is 9.83. The second-order valence-electron chi connectivity index (χ2n) is 5.37. The maximum Gasteiger partial charge on any atom is 0.166 e. The van der Waals surface area contributed by atoms with Gasteiger partial charge in [0.1, 0.15) is 0 Å². The third kappa shape index (κ3) is 1.61. The fraction of sp³-hybridized carbons (Fsp3) is 0.467. The van der Waals surface area contributed by atoms with Gasteiger partial charge in [-0.1, -0.05) is 18.2 Å². The first-order valence-electron chi connectivity index (χ1n) is 6.42. The van der Waals surface area contributed by atoms with Crippen LogP contribution in [0.15, 0.2) is 18.2 Å². The summed E-state index contributed by atoms with van der Waals surface area (Å²) in [6.07, 6.45) is 4.08. The number of benzene rings is 1. The van der Waals surface area contributed by atoms with Crippen LogP contribution in [0, 0.1) is 30.4 Å². The first-order chi connectivity index (χ1) is 8.59. The smallest absolute Gasteiger partial charge is 0.166 e. The van der Waals surface area contributed by atoms with Crippen LogP contribution in [-0.4, -0.2) is 11.2 Å². The Bertz CT molecular complexity index is 521. The Kier molecular flexibility index (Phi) is 2.74. The van der Waals surface area contributed by atoms with Crippen LogP contribution in [0.4, 0.5) is 8.78 Å². The van der Waals surface area contributed by atoms with Gasteiger partial charge in [0.05, 0.1) is 6.10 Å². The van der Waals surface area contributed by atoms with Crippen molar-refractivity contribution in [1.29, 1.82) is 0 Å². The molecular weight excluding hydrogens is 234 g/mol. The van der Waals surface area contributed by atoms with Gasteiger partial charge in [-0.05, 0) is 49.2 Å². The van der Waals surface area contributed by atoms with Crippen LogP contribution in [0.2, 0.25) is 0 Å². The van der Waals surface area contributed by atoms with Crippen LogP contribution in [0.25, 0.3) is 5.57 Å². The summed E-state index contributed by atoms with van der Waals surface area (Å²) in [4.78, 5) is 0. The Morgan fingerprint density at radius 3 is 2.72 bits per heavy atom. The summed E-state index contributed by atoms with van der Waals surface area (Å²) in [7, 11) is 0. The number of hydrogen-bond donors (Lipinski definition) is 1. The van der Waals surface area contributed by atoms with Crippen molar-refractivity contribution >= 4 is 5.57 Å². The van der Waals surface area contributed by atoms with Gasteiger partial charge in [0.25, 0.3) is 0 Å². The van der Waals surface area contributed by atoms with Gasteiger partial charge in [0, 0.05) is 5.56 Å². The van der Waals surface area contributed by atoms with E-state index in [1.807, 2.05) is 6.08 Å². The Morgan fingerprint density at radius 1 is 1.17 bits per heavy atom. The van der Waals surface area contributed by atoms with Gasteiger partial charge in [0.2, 0.25) is 0 Å². The predicted octanol–water partition coefficient (Wildman–Crippen LogP) is 3.45. The molecule has 1 N–H and O–H groups in total. The molecule has 1 nitrogen and oxygen atoms in total. The maximum absolute atomic E-state index is 14.0. The molecule has 18 heavy (non-hydrogen) atoms. The fourth-order valence-electron chi connectivity index (χ4n) is 3.35. The molecule has 2 aliphatic rings. The number of hydrogen-bond acceptors (Lipinski definition) is 1. The molecule has 3 atom stereocenters. The Balaban J connectivity index is 2.00. The molecule has 0 amide bonds. The lowest BCUT2D eigenvalue weighted by Crippen LogP contribution is -2.15. The Labute approximate surface area is 105 Å². The largest absolute Gasteiger partial charge is 0.393 e. The molecule has 0 aromatic heterocycles. The van der Waals surface area contributed by atoms with Gasteiger partial charge >= 0.3 is 0 Å². The van der Waals surface area contributed by atoms with Gasteiger partial charge in [-0.25, -0.2) is 8.78 Å². The average Bonchev–Trinajstić information content (AvgIpc) is 2.91. The third-order valence-electron chi connectivity index (χ3n) is 4.38. The minimum absolute atomic E-state index is 0.191. The van der Waals surface area contributed by atoms with E-state index < -0.39 is 11.6 Å². The van der Waals surface area contributed by atoms with Crippen molar-refractivity contribution in [3.05, 3.63) is 41.0 Å². The predicted molar refractivity (Wildman–Crippen MR) is 65.9 cm³/mol. The molecule has 0 unspecified atom stereocenters. The molecule has 0 radical (unpaired) electrons. The van der Waals surface area contributed by atoms with Gasteiger partial charge < -0.3 is 5.11 Å². The number of rotatable bonds is 1. The number of fused-ring (bicyclic) bond motifs is 1. The summed E-state index contributed by atoms with van der Waals surface area (Å²) < 4.78 is 27.6. The van der Waals surface area contributed by atoms with E-state index in [1.165, 1.54) is 0 Å². The molecule has 1 aromatic carbocycles. The lowest BCUT2D eigenvalue weighted by atomic mass is 9.89. The molecule has 2 aliphatic carbocycles. The number of aliphatic hydroxyl groups excluding tert-OH is 1. The SMILES string of the molecule is Cc1ccc(C2=CC[C@H]3[C@@H](O)CC[C@@H]23)c(F)c1F. The first kappa shape index (κ1) is 11.8. The number of aryl methyl sites for hydroxylation is 1. The Hall–Kier alpha value is -1.22. The molecule has 1 saturated carbocycles. The fourth-order valence-corrected chi connectivity index (χ4v) is 3.35. The number of halogens is 2. The van der Waals surface area contributed by atoms with Crippen LogP contribution >= 0.6 is 0 Å². The van der Waals surface area contributed by atoms with Crippen LogP contribution in [-0.2, 0) is 0 Å². The topological polar surface area (TPSA) is 20.2 Å². The van der Waals surface area contributed by atoms with E-state index in [0.717, 1.165) is 24.8 Å². The molecule has 0 aliphatic heterocycles. The van der Waals surface area contributed by atoms with E-state index in [4.69, 9.17) is 0 Å². The molecule has 1 aromatic rings. The lowest BCUT2D eigenvalue weighted by Gasteiger charge is -2.17. The van der Waals surface area contributed by atoms with E-state index in [-0.39, 0.29) is 17.9 Å². The zero-order chi connectivity index (χ0) is 12.9. The zero-order valence-electron chi connectivity index (χ0n) is 10.3. The minimum atomic E-state index is -0.754. The number of aliphatic hydroxyl groups is 1. The zero-order valence-corrected chi connectivity index (χ0v) is 10.3. The van der Waals surface area contributed by atoms with Gasteiger partial charge in [0.15, 0.2) is 11.6 Å². The Morgan fingerprint density at radius 2 is 1.94 bits per heavy atom.